The molecule has 6 unspecified atom stereocenters. The van der Waals surface area contributed by atoms with Gasteiger partial charge in [0.1, 0.15) is 0 Å². The lowest BCUT2D eigenvalue weighted by molar-refractivity contribution is -0.132. The molecule has 6 atom stereocenters. The van der Waals surface area contributed by atoms with Crippen molar-refractivity contribution in [2.45, 2.75) is 104 Å². The van der Waals surface area contributed by atoms with Crippen LogP contribution in [0.3, 0.4) is 0 Å². The maximum atomic E-state index is 12.2. The van der Waals surface area contributed by atoms with Gasteiger partial charge >= 0.3 is 0 Å². The van der Waals surface area contributed by atoms with Crippen LogP contribution in [0.4, 0.5) is 0 Å². The topological polar surface area (TPSA) is 54.0 Å². The lowest BCUT2D eigenvalue weighted by Gasteiger charge is -2.45. The van der Waals surface area contributed by atoms with Gasteiger partial charge in [-0.15, -0.1) is 0 Å². The van der Waals surface area contributed by atoms with Crippen LogP contribution in [0.1, 0.15) is 86.0 Å². The van der Waals surface area contributed by atoms with Gasteiger partial charge in [-0.25, -0.2) is 0 Å². The Bertz CT molecular complexity index is 497. The number of nitrogens with zero attached hydrogens (tertiary/aromatic N) is 1. The molecule has 2 saturated heterocycles. The summed E-state index contributed by atoms with van der Waals surface area (Å²) >= 11 is 0. The number of piperidine rings is 1. The van der Waals surface area contributed by atoms with Gasteiger partial charge in [-0.3, -0.25) is 0 Å². The van der Waals surface area contributed by atoms with E-state index in [1.807, 2.05) is 0 Å². The lowest BCUT2D eigenvalue weighted by Crippen LogP contribution is -2.55. The third-order valence-electron chi connectivity index (χ3n) is 8.45. The van der Waals surface area contributed by atoms with Gasteiger partial charge in [0.05, 0.1) is 24.4 Å². The highest BCUT2D eigenvalue weighted by atomic mass is 16.5. The first-order valence-electron chi connectivity index (χ1n) is 13.6. The Morgan fingerprint density at radius 1 is 1.06 bits per heavy atom. The van der Waals surface area contributed by atoms with E-state index in [1.54, 1.807) is 7.11 Å². The van der Waals surface area contributed by atoms with Crippen LogP contribution in [0.2, 0.25) is 0 Å². The molecule has 2 fully saturated rings. The normalized spacial score (nSPS) is 37.7. The molecule has 0 amide bonds. The number of rotatable bonds is 5. The average Bonchev–Trinajstić information content (AvgIpc) is 2.78. The largest absolute Gasteiger partial charge is 0.388 e. The summed E-state index contributed by atoms with van der Waals surface area (Å²) in [6.07, 6.45) is 9.41. The third kappa shape index (κ3) is 8.23. The Kier molecular flexibility index (Phi) is 12.5. The van der Waals surface area contributed by atoms with Crippen molar-refractivity contribution in [2.75, 3.05) is 46.4 Å². The predicted molar refractivity (Wildman–Crippen MR) is 134 cm³/mol. The fourth-order valence-electron chi connectivity index (χ4n) is 5.87. The Morgan fingerprint density at radius 3 is 2.41 bits per heavy atom. The number of β-amino-alcohol motifs (C(OH)–C–C–N with tert-alkyl or cyclic N) is 1. The molecule has 2 rings (SSSR count). The van der Waals surface area contributed by atoms with E-state index in [4.69, 9.17) is 9.47 Å². The molecule has 0 saturated carbocycles. The van der Waals surface area contributed by atoms with Gasteiger partial charge in [0, 0.05) is 19.6 Å². The lowest BCUT2D eigenvalue weighted by atomic mass is 9.72. The van der Waals surface area contributed by atoms with Crippen molar-refractivity contribution >= 4 is 0 Å². The van der Waals surface area contributed by atoms with E-state index < -0.39 is 5.60 Å². The van der Waals surface area contributed by atoms with Gasteiger partial charge in [0.15, 0.2) is 0 Å². The number of hydrogen-bond donors (Lipinski definition) is 2. The first-order chi connectivity index (χ1) is 15.3. The SMILES string of the molecule is CCC1OCC(C)C(O)(CN2CCCCC2)C(C)CC(C(C)C)CCCNCCC1OC. The molecule has 0 aromatic heterocycles. The van der Waals surface area contributed by atoms with Crippen molar-refractivity contribution in [1.29, 1.82) is 0 Å². The van der Waals surface area contributed by atoms with Crippen LogP contribution < -0.4 is 5.32 Å². The summed E-state index contributed by atoms with van der Waals surface area (Å²) in [5, 5.41) is 15.9. The highest BCUT2D eigenvalue weighted by Crippen LogP contribution is 2.36. The minimum absolute atomic E-state index is 0.0762. The van der Waals surface area contributed by atoms with Crippen LogP contribution in [0.5, 0.6) is 0 Å². The van der Waals surface area contributed by atoms with Crippen molar-refractivity contribution in [3.8, 4) is 0 Å². The minimum atomic E-state index is -0.732. The van der Waals surface area contributed by atoms with Crippen molar-refractivity contribution in [3.63, 3.8) is 0 Å². The highest BCUT2D eigenvalue weighted by molar-refractivity contribution is 4.94. The first-order valence-corrected chi connectivity index (χ1v) is 13.6. The molecule has 2 heterocycles. The zero-order chi connectivity index (χ0) is 23.6. The number of likely N-dealkylation sites (tertiary alicyclic amines) is 1. The van der Waals surface area contributed by atoms with E-state index in [1.165, 1.54) is 32.1 Å². The number of aliphatic hydroxyl groups is 1. The maximum absolute atomic E-state index is 12.2. The zero-order valence-electron chi connectivity index (χ0n) is 22.1. The molecule has 2 aliphatic heterocycles. The van der Waals surface area contributed by atoms with E-state index in [-0.39, 0.29) is 24.0 Å². The number of hydrogen-bond acceptors (Lipinski definition) is 5. The molecule has 2 N–H and O–H groups in total. The van der Waals surface area contributed by atoms with Gasteiger partial charge in [0.2, 0.25) is 0 Å². The molecule has 2 aliphatic rings. The summed E-state index contributed by atoms with van der Waals surface area (Å²) in [5.74, 6) is 1.61. The number of ether oxygens (including phenoxy) is 2. The first kappa shape index (κ1) is 28.0. The van der Waals surface area contributed by atoms with Gasteiger partial charge in [-0.2, -0.15) is 0 Å². The summed E-state index contributed by atoms with van der Waals surface area (Å²) in [6, 6.07) is 0. The second kappa shape index (κ2) is 14.3. The van der Waals surface area contributed by atoms with E-state index in [0.29, 0.717) is 18.4 Å². The summed E-state index contributed by atoms with van der Waals surface area (Å²) in [6.45, 7) is 17.0. The van der Waals surface area contributed by atoms with Crippen LogP contribution in [-0.4, -0.2) is 74.3 Å². The fraction of sp³-hybridized carbons (Fsp3) is 1.00. The summed E-state index contributed by atoms with van der Waals surface area (Å²) in [7, 11) is 1.80. The van der Waals surface area contributed by atoms with Gasteiger partial charge < -0.3 is 24.8 Å². The van der Waals surface area contributed by atoms with Crippen molar-refractivity contribution in [2.24, 2.45) is 23.7 Å². The van der Waals surface area contributed by atoms with Crippen molar-refractivity contribution < 1.29 is 14.6 Å². The second-order valence-corrected chi connectivity index (χ2v) is 11.1. The van der Waals surface area contributed by atoms with E-state index in [2.05, 4.69) is 44.8 Å². The quantitative estimate of drug-likeness (QED) is 0.629. The average molecular weight is 455 g/mol. The maximum Gasteiger partial charge on any atom is 0.0846 e. The summed E-state index contributed by atoms with van der Waals surface area (Å²) < 4.78 is 12.3. The van der Waals surface area contributed by atoms with E-state index in [9.17, 15) is 5.11 Å². The van der Waals surface area contributed by atoms with Crippen LogP contribution in [0.25, 0.3) is 0 Å². The molecule has 0 aromatic rings. The van der Waals surface area contributed by atoms with Crippen molar-refractivity contribution in [1.82, 2.24) is 10.2 Å². The molecule has 5 nitrogen and oxygen atoms in total. The second-order valence-electron chi connectivity index (χ2n) is 11.1. The van der Waals surface area contributed by atoms with Crippen LogP contribution in [0.15, 0.2) is 0 Å². The number of methoxy groups -OCH3 is 1. The van der Waals surface area contributed by atoms with Crippen LogP contribution in [0, 0.1) is 23.7 Å². The number of nitrogens with one attached hydrogen (secondary N) is 1. The molecular weight excluding hydrogens is 400 g/mol. The summed E-state index contributed by atoms with van der Waals surface area (Å²) in [5.41, 5.74) is -0.732. The molecule has 5 heteroatoms. The molecule has 0 aliphatic carbocycles. The van der Waals surface area contributed by atoms with Crippen LogP contribution >= 0.6 is 0 Å². The Labute approximate surface area is 199 Å². The third-order valence-corrected chi connectivity index (χ3v) is 8.45. The Morgan fingerprint density at radius 2 is 1.78 bits per heavy atom. The molecule has 0 bridgehead atoms. The molecule has 0 spiro atoms. The zero-order valence-corrected chi connectivity index (χ0v) is 22.1. The van der Waals surface area contributed by atoms with Crippen molar-refractivity contribution in [3.05, 3.63) is 0 Å². The fourth-order valence-corrected chi connectivity index (χ4v) is 5.87. The monoisotopic (exact) mass is 454 g/mol. The Balaban J connectivity index is 2.23. The molecule has 0 radical (unpaired) electrons. The van der Waals surface area contributed by atoms with Crippen LogP contribution in [-0.2, 0) is 9.47 Å². The Hall–Kier alpha value is -0.200. The van der Waals surface area contributed by atoms with E-state index in [0.717, 1.165) is 52.0 Å². The summed E-state index contributed by atoms with van der Waals surface area (Å²) in [4.78, 5) is 2.51. The predicted octanol–water partition coefficient (Wildman–Crippen LogP) is 4.72. The molecular formula is C27H54N2O3. The van der Waals surface area contributed by atoms with E-state index >= 15 is 0 Å². The molecule has 32 heavy (non-hydrogen) atoms. The van der Waals surface area contributed by atoms with Gasteiger partial charge in [-0.05, 0) is 88.9 Å². The van der Waals surface area contributed by atoms with Gasteiger partial charge in [0.25, 0.3) is 0 Å². The molecule has 190 valence electrons. The van der Waals surface area contributed by atoms with Gasteiger partial charge in [-0.1, -0.05) is 41.0 Å². The highest BCUT2D eigenvalue weighted by Gasteiger charge is 2.42. The standard InChI is InChI=1S/C27H54N2O3/c1-7-25-26(31-6)13-15-28-14-11-12-24(21(2)3)18-22(4)27(30,23(5)19-32-25)20-29-16-9-8-10-17-29/h21-26,28,30H,7-20H2,1-6H3. The minimum Gasteiger partial charge on any atom is -0.388 e. The smallest absolute Gasteiger partial charge is 0.0846 e. The molecule has 0 aromatic carbocycles.